The molecule has 2 saturated heterocycles. The van der Waals surface area contributed by atoms with Crippen LogP contribution < -0.4 is 5.32 Å². The molecule has 2 aliphatic rings. The van der Waals surface area contributed by atoms with Gasteiger partial charge in [-0.1, -0.05) is 30.3 Å². The van der Waals surface area contributed by atoms with Crippen molar-refractivity contribution in [3.8, 4) is 10.4 Å². The Balaban J connectivity index is 1.33. The van der Waals surface area contributed by atoms with E-state index in [1.54, 1.807) is 5.51 Å². The molecule has 1 aromatic heterocycles. The van der Waals surface area contributed by atoms with Crippen LogP contribution >= 0.6 is 11.3 Å². The molecular formula is C19H23N3O2S. The quantitative estimate of drug-likeness (QED) is 0.895. The first-order chi connectivity index (χ1) is 12.3. The van der Waals surface area contributed by atoms with Gasteiger partial charge in [-0.3, -0.25) is 5.32 Å². The summed E-state index contributed by atoms with van der Waals surface area (Å²) in [5, 5.41) is 2.81. The molecule has 3 unspecified atom stereocenters. The van der Waals surface area contributed by atoms with Gasteiger partial charge in [0, 0.05) is 6.54 Å². The van der Waals surface area contributed by atoms with Gasteiger partial charge in [0.25, 0.3) is 0 Å². The van der Waals surface area contributed by atoms with E-state index >= 15 is 0 Å². The molecular weight excluding hydrogens is 334 g/mol. The Bertz CT molecular complexity index is 718. The number of thiazole rings is 1. The molecule has 132 valence electrons. The number of nitrogens with zero attached hydrogens (tertiary/aromatic N) is 2. The standard InChI is InChI=1S/C19H23N3O2S/c23-19(24-12-16-8-10-22-9-4-7-15(16)11-22)21-18-17(25-13-20-18)14-5-2-1-3-6-14/h1-3,5-6,13,15-16H,4,7-12H2,(H,21,23). The van der Waals surface area contributed by atoms with Crippen molar-refractivity contribution in [2.75, 3.05) is 31.6 Å². The number of aromatic nitrogens is 1. The fourth-order valence-corrected chi connectivity index (χ4v) is 4.68. The molecule has 2 fully saturated rings. The van der Waals surface area contributed by atoms with E-state index in [0.29, 0.717) is 24.3 Å². The Labute approximate surface area is 152 Å². The summed E-state index contributed by atoms with van der Waals surface area (Å²) in [6.07, 6.45) is 3.26. The van der Waals surface area contributed by atoms with E-state index in [9.17, 15) is 4.79 Å². The van der Waals surface area contributed by atoms with Crippen LogP contribution in [0.5, 0.6) is 0 Å². The maximum absolute atomic E-state index is 12.2. The Hall–Kier alpha value is -1.92. The molecule has 2 aromatic rings. The molecule has 3 atom stereocenters. The van der Waals surface area contributed by atoms with E-state index in [2.05, 4.69) is 15.2 Å². The molecule has 2 aliphatic heterocycles. The van der Waals surface area contributed by atoms with E-state index in [4.69, 9.17) is 4.74 Å². The maximum atomic E-state index is 12.2. The predicted molar refractivity (Wildman–Crippen MR) is 99.8 cm³/mol. The average molecular weight is 357 g/mol. The van der Waals surface area contributed by atoms with Gasteiger partial charge in [0.05, 0.1) is 17.0 Å². The van der Waals surface area contributed by atoms with Gasteiger partial charge in [-0.05, 0) is 49.8 Å². The average Bonchev–Trinajstić information content (AvgIpc) is 3.10. The lowest BCUT2D eigenvalue weighted by Crippen LogP contribution is -2.46. The van der Waals surface area contributed by atoms with Crippen LogP contribution in [0.25, 0.3) is 10.4 Å². The van der Waals surface area contributed by atoms with Gasteiger partial charge in [-0.25, -0.2) is 9.78 Å². The van der Waals surface area contributed by atoms with Crippen LogP contribution in [0.1, 0.15) is 19.3 Å². The summed E-state index contributed by atoms with van der Waals surface area (Å²) in [5.41, 5.74) is 2.80. The zero-order valence-corrected chi connectivity index (χ0v) is 15.0. The van der Waals surface area contributed by atoms with Crippen LogP contribution in [0.4, 0.5) is 10.6 Å². The van der Waals surface area contributed by atoms with Crippen molar-refractivity contribution >= 4 is 23.2 Å². The smallest absolute Gasteiger partial charge is 0.412 e. The molecule has 0 aliphatic carbocycles. The molecule has 0 spiro atoms. The Morgan fingerprint density at radius 3 is 3.04 bits per heavy atom. The van der Waals surface area contributed by atoms with Gasteiger partial charge >= 0.3 is 6.09 Å². The van der Waals surface area contributed by atoms with Crippen LogP contribution in [0.2, 0.25) is 0 Å². The highest BCUT2D eigenvalue weighted by atomic mass is 32.1. The SMILES string of the molecule is O=C(Nc1ncsc1-c1ccccc1)OCC1CCN2CCCC1C2. The highest BCUT2D eigenvalue weighted by Gasteiger charge is 2.32. The second-order valence-electron chi connectivity index (χ2n) is 6.87. The van der Waals surface area contributed by atoms with Crippen molar-refractivity contribution in [1.29, 1.82) is 0 Å². The van der Waals surface area contributed by atoms with Gasteiger partial charge in [0.2, 0.25) is 0 Å². The fourth-order valence-electron chi connectivity index (χ4n) is 3.93. The molecule has 5 nitrogen and oxygen atoms in total. The maximum Gasteiger partial charge on any atom is 0.412 e. The number of benzene rings is 1. The molecule has 2 bridgehead atoms. The first-order valence-electron chi connectivity index (χ1n) is 8.94. The summed E-state index contributed by atoms with van der Waals surface area (Å²) >= 11 is 1.52. The van der Waals surface area contributed by atoms with Crippen LogP contribution in [0.3, 0.4) is 0 Å². The third-order valence-electron chi connectivity index (χ3n) is 5.28. The van der Waals surface area contributed by atoms with E-state index in [-0.39, 0.29) is 0 Å². The van der Waals surface area contributed by atoms with Gasteiger partial charge in [-0.2, -0.15) is 0 Å². The van der Waals surface area contributed by atoms with Gasteiger partial charge in [0.15, 0.2) is 5.82 Å². The van der Waals surface area contributed by atoms with Crippen molar-refractivity contribution in [3.05, 3.63) is 35.8 Å². The molecule has 6 heteroatoms. The van der Waals surface area contributed by atoms with E-state index in [1.165, 1.54) is 37.3 Å². The zero-order chi connectivity index (χ0) is 17.1. The number of anilines is 1. The summed E-state index contributed by atoms with van der Waals surface area (Å²) in [7, 11) is 0. The van der Waals surface area contributed by atoms with Crippen LogP contribution in [-0.2, 0) is 4.74 Å². The van der Waals surface area contributed by atoms with Crippen molar-refractivity contribution in [1.82, 2.24) is 9.88 Å². The van der Waals surface area contributed by atoms with Gasteiger partial charge in [0.1, 0.15) is 0 Å². The molecule has 25 heavy (non-hydrogen) atoms. The van der Waals surface area contributed by atoms with Crippen molar-refractivity contribution in [2.45, 2.75) is 19.3 Å². The number of amides is 1. The third kappa shape index (κ3) is 3.85. The fraction of sp³-hybridized carbons (Fsp3) is 0.474. The number of ether oxygens (including phenoxy) is 1. The summed E-state index contributed by atoms with van der Waals surface area (Å²) in [5.74, 6) is 1.74. The lowest BCUT2D eigenvalue weighted by atomic mass is 9.80. The monoisotopic (exact) mass is 357 g/mol. The van der Waals surface area contributed by atoms with Crippen LogP contribution in [-0.4, -0.2) is 42.2 Å². The lowest BCUT2D eigenvalue weighted by molar-refractivity contribution is 0.0360. The van der Waals surface area contributed by atoms with Crippen molar-refractivity contribution < 1.29 is 9.53 Å². The summed E-state index contributed by atoms with van der Waals surface area (Å²) in [6.45, 7) is 4.04. The number of carbonyl (C=O) groups excluding carboxylic acids is 1. The first-order valence-corrected chi connectivity index (χ1v) is 9.82. The molecule has 0 radical (unpaired) electrons. The molecule has 4 rings (SSSR count). The normalized spacial score (nSPS) is 25.4. The highest BCUT2D eigenvalue weighted by Crippen LogP contribution is 2.33. The van der Waals surface area contributed by atoms with Crippen molar-refractivity contribution in [3.63, 3.8) is 0 Å². The number of hydrogen-bond acceptors (Lipinski definition) is 5. The Morgan fingerprint density at radius 2 is 2.16 bits per heavy atom. The second kappa shape index (κ2) is 7.54. The first kappa shape index (κ1) is 16.5. The Morgan fingerprint density at radius 1 is 1.28 bits per heavy atom. The predicted octanol–water partition coefficient (Wildman–Crippen LogP) is 4.09. The molecule has 0 saturated carbocycles. The minimum Gasteiger partial charge on any atom is -0.449 e. The highest BCUT2D eigenvalue weighted by molar-refractivity contribution is 7.13. The minimum atomic E-state index is -0.402. The molecule has 3 heterocycles. The van der Waals surface area contributed by atoms with Crippen molar-refractivity contribution in [2.24, 2.45) is 11.8 Å². The number of rotatable bonds is 4. The number of piperidine rings is 2. The minimum absolute atomic E-state index is 0.402. The van der Waals surface area contributed by atoms with E-state index < -0.39 is 6.09 Å². The molecule has 1 amide bonds. The summed E-state index contributed by atoms with van der Waals surface area (Å²) < 4.78 is 5.53. The molecule has 1 N–H and O–H groups in total. The van der Waals surface area contributed by atoms with Gasteiger partial charge in [-0.15, -0.1) is 11.3 Å². The number of carbonyl (C=O) groups is 1. The number of hydrogen-bond donors (Lipinski definition) is 1. The summed E-state index contributed by atoms with van der Waals surface area (Å²) in [4.78, 5) is 20.0. The van der Waals surface area contributed by atoms with Crippen LogP contribution in [0, 0.1) is 11.8 Å². The topological polar surface area (TPSA) is 54.5 Å². The lowest BCUT2D eigenvalue weighted by Gasteiger charge is -2.42. The number of fused-ring (bicyclic) bond motifs is 2. The zero-order valence-electron chi connectivity index (χ0n) is 14.2. The second-order valence-corrected chi connectivity index (χ2v) is 7.73. The van der Waals surface area contributed by atoms with Gasteiger partial charge < -0.3 is 9.64 Å². The summed E-state index contributed by atoms with van der Waals surface area (Å²) in [6, 6.07) is 9.96. The third-order valence-corrected chi connectivity index (χ3v) is 6.15. The Kier molecular flexibility index (Phi) is 4.99. The van der Waals surface area contributed by atoms with E-state index in [0.717, 1.165) is 23.4 Å². The number of nitrogens with one attached hydrogen (secondary N) is 1. The van der Waals surface area contributed by atoms with Crippen LogP contribution in [0.15, 0.2) is 35.8 Å². The van der Waals surface area contributed by atoms with E-state index in [1.807, 2.05) is 30.3 Å². The molecule has 1 aromatic carbocycles. The largest absolute Gasteiger partial charge is 0.449 e.